The van der Waals surface area contributed by atoms with E-state index in [1.807, 2.05) is 36.4 Å². The standard InChI is InChI=1S/C18H14ClNO3/c1-21-10-4-6-14-13(7-10)18(19)17-12-5-3-11(22-2)8-16(12)23-9-15(17)20-14/h3-8H,9H2,1-2H3. The SMILES string of the molecule is COc1ccc2c(c1)OCc1nc3ccc(OC)cc3c(Cl)c1-2. The summed E-state index contributed by atoms with van der Waals surface area (Å²) in [6, 6.07) is 11.4. The zero-order chi connectivity index (χ0) is 16.0. The van der Waals surface area contributed by atoms with Crippen LogP contribution in [0.15, 0.2) is 36.4 Å². The summed E-state index contributed by atoms with van der Waals surface area (Å²) in [7, 11) is 3.27. The Labute approximate surface area is 138 Å². The molecule has 0 aliphatic carbocycles. The average Bonchev–Trinajstić information content (AvgIpc) is 2.60. The fourth-order valence-electron chi connectivity index (χ4n) is 2.86. The average molecular weight is 328 g/mol. The number of hydrogen-bond donors (Lipinski definition) is 0. The van der Waals surface area contributed by atoms with Crippen LogP contribution in [0.2, 0.25) is 5.02 Å². The largest absolute Gasteiger partial charge is 0.497 e. The molecule has 2 heterocycles. The highest BCUT2D eigenvalue weighted by Gasteiger charge is 2.24. The lowest BCUT2D eigenvalue weighted by Gasteiger charge is -2.22. The minimum absolute atomic E-state index is 0.386. The van der Waals surface area contributed by atoms with E-state index in [1.165, 1.54) is 0 Å². The van der Waals surface area contributed by atoms with Gasteiger partial charge in [-0.15, -0.1) is 0 Å². The summed E-state index contributed by atoms with van der Waals surface area (Å²) >= 11 is 6.71. The molecule has 0 atom stereocenters. The van der Waals surface area contributed by atoms with Crippen molar-refractivity contribution in [2.45, 2.75) is 6.61 Å². The van der Waals surface area contributed by atoms with Crippen LogP contribution in [-0.2, 0) is 6.61 Å². The van der Waals surface area contributed by atoms with Crippen molar-refractivity contribution in [3.63, 3.8) is 0 Å². The van der Waals surface area contributed by atoms with E-state index in [1.54, 1.807) is 14.2 Å². The molecule has 0 radical (unpaired) electrons. The molecule has 116 valence electrons. The van der Waals surface area contributed by atoms with Gasteiger partial charge < -0.3 is 14.2 Å². The Kier molecular flexibility index (Phi) is 3.27. The third kappa shape index (κ3) is 2.18. The first-order valence-corrected chi connectivity index (χ1v) is 7.56. The van der Waals surface area contributed by atoms with E-state index in [2.05, 4.69) is 0 Å². The lowest BCUT2D eigenvalue weighted by Crippen LogP contribution is -2.09. The Morgan fingerprint density at radius 2 is 1.78 bits per heavy atom. The summed E-state index contributed by atoms with van der Waals surface area (Å²) in [6.45, 7) is 0.386. The van der Waals surface area contributed by atoms with E-state index in [4.69, 9.17) is 30.8 Å². The number of methoxy groups -OCH3 is 2. The molecular weight excluding hydrogens is 314 g/mol. The summed E-state index contributed by atoms with van der Waals surface area (Å²) in [4.78, 5) is 4.70. The number of hydrogen-bond acceptors (Lipinski definition) is 4. The van der Waals surface area contributed by atoms with Crippen LogP contribution in [0, 0.1) is 0 Å². The van der Waals surface area contributed by atoms with Gasteiger partial charge in [-0.25, -0.2) is 4.98 Å². The number of pyridine rings is 1. The highest BCUT2D eigenvalue weighted by atomic mass is 35.5. The molecular formula is C18H14ClNO3. The predicted octanol–water partition coefficient (Wildman–Crippen LogP) is 4.46. The monoisotopic (exact) mass is 327 g/mol. The Morgan fingerprint density at radius 3 is 2.57 bits per heavy atom. The molecule has 4 rings (SSSR count). The Hall–Kier alpha value is -2.46. The third-order valence-electron chi connectivity index (χ3n) is 4.03. The van der Waals surface area contributed by atoms with Gasteiger partial charge >= 0.3 is 0 Å². The zero-order valence-corrected chi connectivity index (χ0v) is 13.5. The summed E-state index contributed by atoms with van der Waals surface area (Å²) in [5.41, 5.74) is 3.51. The molecule has 0 fully saturated rings. The predicted molar refractivity (Wildman–Crippen MR) is 89.6 cm³/mol. The number of benzene rings is 2. The van der Waals surface area contributed by atoms with Gasteiger partial charge in [0, 0.05) is 22.6 Å². The molecule has 0 saturated carbocycles. The Bertz CT molecular complexity index is 924. The van der Waals surface area contributed by atoms with Crippen LogP contribution in [0.4, 0.5) is 0 Å². The molecule has 0 N–H and O–H groups in total. The number of ether oxygens (including phenoxy) is 3. The van der Waals surface area contributed by atoms with Gasteiger partial charge in [-0.2, -0.15) is 0 Å². The molecule has 0 bridgehead atoms. The van der Waals surface area contributed by atoms with Crippen molar-refractivity contribution in [1.29, 1.82) is 0 Å². The summed E-state index contributed by atoms with van der Waals surface area (Å²) in [5, 5.41) is 1.53. The molecule has 3 aromatic rings. The van der Waals surface area contributed by atoms with E-state index < -0.39 is 0 Å². The minimum Gasteiger partial charge on any atom is -0.497 e. The van der Waals surface area contributed by atoms with Crippen molar-refractivity contribution < 1.29 is 14.2 Å². The van der Waals surface area contributed by atoms with Gasteiger partial charge in [-0.1, -0.05) is 11.6 Å². The lowest BCUT2D eigenvalue weighted by atomic mass is 9.98. The number of halogens is 1. The van der Waals surface area contributed by atoms with Gasteiger partial charge in [-0.05, 0) is 30.3 Å². The first kappa shape index (κ1) is 14.2. The van der Waals surface area contributed by atoms with Crippen LogP contribution < -0.4 is 14.2 Å². The Balaban J connectivity index is 2.00. The second-order valence-corrected chi connectivity index (χ2v) is 5.66. The maximum Gasteiger partial charge on any atom is 0.131 e. The van der Waals surface area contributed by atoms with Gasteiger partial charge in [0.05, 0.1) is 30.5 Å². The van der Waals surface area contributed by atoms with Crippen molar-refractivity contribution in [2.75, 3.05) is 14.2 Å². The fraction of sp³-hybridized carbons (Fsp3) is 0.167. The number of aromatic nitrogens is 1. The topological polar surface area (TPSA) is 40.6 Å². The molecule has 4 nitrogen and oxygen atoms in total. The van der Waals surface area contributed by atoms with Crippen molar-refractivity contribution in [2.24, 2.45) is 0 Å². The summed E-state index contributed by atoms with van der Waals surface area (Å²) in [6.07, 6.45) is 0. The molecule has 0 amide bonds. The minimum atomic E-state index is 0.386. The second-order valence-electron chi connectivity index (χ2n) is 5.28. The molecule has 23 heavy (non-hydrogen) atoms. The first-order valence-electron chi connectivity index (χ1n) is 7.18. The number of nitrogens with zero attached hydrogens (tertiary/aromatic N) is 1. The maximum absolute atomic E-state index is 6.71. The molecule has 0 saturated heterocycles. The number of rotatable bonds is 2. The van der Waals surface area contributed by atoms with Crippen LogP contribution in [0.25, 0.3) is 22.0 Å². The first-order chi connectivity index (χ1) is 11.2. The lowest BCUT2D eigenvalue weighted by molar-refractivity contribution is 0.295. The molecule has 1 aromatic heterocycles. The van der Waals surface area contributed by atoms with E-state index >= 15 is 0 Å². The molecule has 2 aromatic carbocycles. The van der Waals surface area contributed by atoms with Crippen molar-refractivity contribution in [3.05, 3.63) is 47.1 Å². The van der Waals surface area contributed by atoms with E-state index in [9.17, 15) is 0 Å². The van der Waals surface area contributed by atoms with Gasteiger partial charge in [0.15, 0.2) is 0 Å². The van der Waals surface area contributed by atoms with Crippen LogP contribution in [0.1, 0.15) is 5.69 Å². The van der Waals surface area contributed by atoms with Gasteiger partial charge in [0.2, 0.25) is 0 Å². The smallest absolute Gasteiger partial charge is 0.131 e. The van der Waals surface area contributed by atoms with Crippen molar-refractivity contribution in [3.8, 4) is 28.4 Å². The van der Waals surface area contributed by atoms with E-state index in [-0.39, 0.29) is 0 Å². The quantitative estimate of drug-likeness (QED) is 0.696. The van der Waals surface area contributed by atoms with Crippen LogP contribution in [0.3, 0.4) is 0 Å². The van der Waals surface area contributed by atoms with Crippen LogP contribution in [0.5, 0.6) is 17.2 Å². The number of fused-ring (bicyclic) bond motifs is 4. The van der Waals surface area contributed by atoms with Gasteiger partial charge in [0.25, 0.3) is 0 Å². The van der Waals surface area contributed by atoms with Gasteiger partial charge in [-0.3, -0.25) is 0 Å². The summed E-state index contributed by atoms with van der Waals surface area (Å²) < 4.78 is 16.4. The molecule has 1 aliphatic heterocycles. The van der Waals surface area contributed by atoms with Crippen LogP contribution in [-0.4, -0.2) is 19.2 Å². The highest BCUT2D eigenvalue weighted by molar-refractivity contribution is 6.38. The maximum atomic E-state index is 6.71. The van der Waals surface area contributed by atoms with E-state index in [0.717, 1.165) is 45.0 Å². The van der Waals surface area contributed by atoms with Crippen molar-refractivity contribution >= 4 is 22.5 Å². The molecule has 1 aliphatic rings. The molecule has 5 heteroatoms. The summed E-state index contributed by atoms with van der Waals surface area (Å²) in [5.74, 6) is 2.25. The van der Waals surface area contributed by atoms with E-state index in [0.29, 0.717) is 11.6 Å². The van der Waals surface area contributed by atoms with Crippen molar-refractivity contribution in [1.82, 2.24) is 4.98 Å². The second kappa shape index (κ2) is 5.32. The van der Waals surface area contributed by atoms with Crippen LogP contribution >= 0.6 is 11.6 Å². The van der Waals surface area contributed by atoms with Gasteiger partial charge in [0.1, 0.15) is 23.9 Å². The zero-order valence-electron chi connectivity index (χ0n) is 12.7. The normalized spacial score (nSPS) is 12.3. The molecule has 0 spiro atoms. The highest BCUT2D eigenvalue weighted by Crippen LogP contribution is 2.45. The Morgan fingerprint density at radius 1 is 1.04 bits per heavy atom. The fourth-order valence-corrected chi connectivity index (χ4v) is 3.22. The molecule has 0 unspecified atom stereocenters. The third-order valence-corrected chi connectivity index (χ3v) is 4.42.